The Morgan fingerprint density at radius 1 is 1.11 bits per heavy atom. The third-order valence-corrected chi connectivity index (χ3v) is 5.35. The average molecular weight is 392 g/mol. The molecule has 0 unspecified atom stereocenters. The SMILES string of the molecule is CC(C)c1ccc(-c2ccc(=O)n(CCc3nc(-c4cccs4)no3)n2)cc1. The van der Waals surface area contributed by atoms with Gasteiger partial charge in [0.25, 0.3) is 5.56 Å². The van der Waals surface area contributed by atoms with E-state index >= 15 is 0 Å². The lowest BCUT2D eigenvalue weighted by Crippen LogP contribution is -2.23. The molecule has 7 heteroatoms. The van der Waals surface area contributed by atoms with E-state index < -0.39 is 0 Å². The number of nitrogens with zero attached hydrogens (tertiary/aromatic N) is 4. The Morgan fingerprint density at radius 2 is 1.93 bits per heavy atom. The van der Waals surface area contributed by atoms with Crippen LogP contribution < -0.4 is 5.56 Å². The predicted octanol–water partition coefficient (Wildman–Crippen LogP) is 4.39. The van der Waals surface area contributed by atoms with Gasteiger partial charge in [-0.15, -0.1) is 11.3 Å². The van der Waals surface area contributed by atoms with Gasteiger partial charge in [0.1, 0.15) is 0 Å². The lowest BCUT2D eigenvalue weighted by molar-refractivity contribution is 0.368. The number of hydrogen-bond acceptors (Lipinski definition) is 6. The fourth-order valence-electron chi connectivity index (χ4n) is 2.87. The van der Waals surface area contributed by atoms with E-state index in [4.69, 9.17) is 4.52 Å². The first kappa shape index (κ1) is 18.3. The first-order valence-electron chi connectivity index (χ1n) is 9.15. The average Bonchev–Trinajstić information content (AvgIpc) is 3.39. The zero-order chi connectivity index (χ0) is 19.5. The van der Waals surface area contributed by atoms with E-state index in [1.165, 1.54) is 10.2 Å². The fraction of sp³-hybridized carbons (Fsp3) is 0.238. The Balaban J connectivity index is 1.50. The van der Waals surface area contributed by atoms with Crippen LogP contribution >= 0.6 is 11.3 Å². The topological polar surface area (TPSA) is 73.8 Å². The van der Waals surface area contributed by atoms with Crippen LogP contribution in [0.25, 0.3) is 22.0 Å². The smallest absolute Gasteiger partial charge is 0.266 e. The predicted molar refractivity (Wildman–Crippen MR) is 109 cm³/mol. The van der Waals surface area contributed by atoms with Crippen LogP contribution in [0.1, 0.15) is 31.2 Å². The Hall–Kier alpha value is -3.06. The standard InChI is InChI=1S/C21H20N4O2S/c1-14(2)15-5-7-16(8-6-15)17-9-10-20(26)25(23-17)12-11-19-22-21(24-27-19)18-4-3-13-28-18/h3-10,13-14H,11-12H2,1-2H3. The summed E-state index contributed by atoms with van der Waals surface area (Å²) in [6.45, 7) is 4.70. The number of thiophene rings is 1. The molecule has 0 saturated heterocycles. The number of aryl methyl sites for hydroxylation is 2. The van der Waals surface area contributed by atoms with Crippen molar-refractivity contribution in [1.82, 2.24) is 19.9 Å². The molecule has 3 aromatic heterocycles. The van der Waals surface area contributed by atoms with Gasteiger partial charge in [0.15, 0.2) is 0 Å². The zero-order valence-electron chi connectivity index (χ0n) is 15.7. The van der Waals surface area contributed by atoms with Gasteiger partial charge >= 0.3 is 0 Å². The number of aromatic nitrogens is 4. The van der Waals surface area contributed by atoms with E-state index in [1.807, 2.05) is 29.6 Å². The quantitative estimate of drug-likeness (QED) is 0.487. The van der Waals surface area contributed by atoms with Crippen molar-refractivity contribution in [3.63, 3.8) is 0 Å². The molecule has 4 aromatic rings. The molecule has 142 valence electrons. The third-order valence-electron chi connectivity index (χ3n) is 4.49. The number of rotatable bonds is 6. The van der Waals surface area contributed by atoms with Gasteiger partial charge in [0.05, 0.1) is 17.1 Å². The van der Waals surface area contributed by atoms with Crippen molar-refractivity contribution in [1.29, 1.82) is 0 Å². The van der Waals surface area contributed by atoms with Crippen molar-refractivity contribution in [3.8, 4) is 22.0 Å². The summed E-state index contributed by atoms with van der Waals surface area (Å²) in [6, 6.07) is 15.5. The molecule has 6 nitrogen and oxygen atoms in total. The lowest BCUT2D eigenvalue weighted by Gasteiger charge is -2.08. The second kappa shape index (κ2) is 7.90. The molecule has 3 heterocycles. The van der Waals surface area contributed by atoms with Gasteiger partial charge in [-0.1, -0.05) is 49.3 Å². The van der Waals surface area contributed by atoms with Crippen LogP contribution in [0.4, 0.5) is 0 Å². The molecule has 0 spiro atoms. The van der Waals surface area contributed by atoms with Gasteiger partial charge in [0, 0.05) is 18.1 Å². The summed E-state index contributed by atoms with van der Waals surface area (Å²) < 4.78 is 6.75. The van der Waals surface area contributed by atoms with Gasteiger partial charge in [0.2, 0.25) is 11.7 Å². The monoisotopic (exact) mass is 392 g/mol. The van der Waals surface area contributed by atoms with Gasteiger partial charge in [-0.25, -0.2) is 4.68 Å². The molecule has 0 amide bonds. The maximum atomic E-state index is 12.2. The second-order valence-corrected chi connectivity index (χ2v) is 7.74. The van der Waals surface area contributed by atoms with E-state index in [-0.39, 0.29) is 5.56 Å². The van der Waals surface area contributed by atoms with Crippen molar-refractivity contribution in [2.75, 3.05) is 0 Å². The molecular weight excluding hydrogens is 372 g/mol. The molecular formula is C21H20N4O2S. The molecule has 4 rings (SSSR count). The lowest BCUT2D eigenvalue weighted by atomic mass is 10.0. The summed E-state index contributed by atoms with van der Waals surface area (Å²) in [4.78, 5) is 17.5. The molecule has 0 aliphatic rings. The highest BCUT2D eigenvalue weighted by Gasteiger charge is 2.11. The van der Waals surface area contributed by atoms with Crippen molar-refractivity contribution in [3.05, 3.63) is 75.7 Å². The molecule has 0 fully saturated rings. The highest BCUT2D eigenvalue weighted by molar-refractivity contribution is 7.13. The first-order valence-corrected chi connectivity index (χ1v) is 10.0. The third kappa shape index (κ3) is 3.94. The molecule has 28 heavy (non-hydrogen) atoms. The molecule has 0 N–H and O–H groups in total. The van der Waals surface area contributed by atoms with Crippen LogP contribution in [0.2, 0.25) is 0 Å². The molecule has 0 aliphatic heterocycles. The van der Waals surface area contributed by atoms with E-state index in [2.05, 4.69) is 41.2 Å². The van der Waals surface area contributed by atoms with Crippen molar-refractivity contribution < 1.29 is 4.52 Å². The van der Waals surface area contributed by atoms with Gasteiger partial charge < -0.3 is 4.52 Å². The molecule has 1 aromatic carbocycles. The van der Waals surface area contributed by atoms with Crippen LogP contribution in [0.15, 0.2) is 63.2 Å². The maximum Gasteiger partial charge on any atom is 0.266 e. The highest BCUT2D eigenvalue weighted by Crippen LogP contribution is 2.22. The summed E-state index contributed by atoms with van der Waals surface area (Å²) in [6.07, 6.45) is 0.445. The first-order chi connectivity index (χ1) is 13.6. The van der Waals surface area contributed by atoms with Gasteiger partial charge in [-0.05, 0) is 29.0 Å². The minimum Gasteiger partial charge on any atom is -0.339 e. The summed E-state index contributed by atoms with van der Waals surface area (Å²) in [7, 11) is 0. The van der Waals surface area contributed by atoms with Crippen molar-refractivity contribution >= 4 is 11.3 Å². The Morgan fingerprint density at radius 3 is 2.64 bits per heavy atom. The largest absolute Gasteiger partial charge is 0.339 e. The van der Waals surface area contributed by atoms with Crippen LogP contribution in [-0.2, 0) is 13.0 Å². The minimum absolute atomic E-state index is 0.152. The van der Waals surface area contributed by atoms with Crippen LogP contribution in [0.5, 0.6) is 0 Å². The number of benzene rings is 1. The van der Waals surface area contributed by atoms with Gasteiger partial charge in [-0.2, -0.15) is 10.1 Å². The summed E-state index contributed by atoms with van der Waals surface area (Å²) >= 11 is 1.56. The van der Waals surface area contributed by atoms with Crippen LogP contribution in [-0.4, -0.2) is 19.9 Å². The summed E-state index contributed by atoms with van der Waals surface area (Å²) in [5.74, 6) is 1.54. The highest BCUT2D eigenvalue weighted by atomic mass is 32.1. The Kier molecular flexibility index (Phi) is 5.16. The molecule has 0 atom stereocenters. The molecule has 0 saturated carbocycles. The van der Waals surface area contributed by atoms with Crippen molar-refractivity contribution in [2.24, 2.45) is 0 Å². The normalized spacial score (nSPS) is 11.2. The summed E-state index contributed by atoms with van der Waals surface area (Å²) in [5, 5.41) is 10.5. The Labute approximate surface area is 166 Å². The van der Waals surface area contributed by atoms with Crippen molar-refractivity contribution in [2.45, 2.75) is 32.7 Å². The maximum absolute atomic E-state index is 12.2. The minimum atomic E-state index is -0.152. The van der Waals surface area contributed by atoms with Crippen LogP contribution in [0.3, 0.4) is 0 Å². The molecule has 0 radical (unpaired) electrons. The summed E-state index contributed by atoms with van der Waals surface area (Å²) in [5.41, 5.74) is 2.87. The van der Waals surface area contributed by atoms with E-state index in [0.29, 0.717) is 30.6 Å². The van der Waals surface area contributed by atoms with E-state index in [1.54, 1.807) is 23.5 Å². The zero-order valence-corrected chi connectivity index (χ0v) is 16.5. The van der Waals surface area contributed by atoms with E-state index in [9.17, 15) is 4.79 Å². The Bertz CT molecular complexity index is 1110. The van der Waals surface area contributed by atoms with Gasteiger partial charge in [-0.3, -0.25) is 4.79 Å². The fourth-order valence-corrected chi connectivity index (χ4v) is 3.51. The molecule has 0 aliphatic carbocycles. The molecule has 0 bridgehead atoms. The second-order valence-electron chi connectivity index (χ2n) is 6.80. The van der Waals surface area contributed by atoms with Crippen LogP contribution in [0, 0.1) is 0 Å². The number of hydrogen-bond donors (Lipinski definition) is 0. The van der Waals surface area contributed by atoms with E-state index in [0.717, 1.165) is 16.1 Å².